The van der Waals surface area contributed by atoms with Gasteiger partial charge in [0.2, 0.25) is 0 Å². The molecule has 0 spiro atoms. The van der Waals surface area contributed by atoms with Crippen LogP contribution < -0.4 is 0 Å². The lowest BCUT2D eigenvalue weighted by Crippen LogP contribution is -2.25. The molecule has 0 aromatic carbocycles. The Labute approximate surface area is 76.6 Å². The molecule has 0 N–H and O–H groups in total. The molecule has 2 aliphatic heterocycles. The highest BCUT2D eigenvalue weighted by Crippen LogP contribution is 2.46. The van der Waals surface area contributed by atoms with E-state index >= 15 is 0 Å². The first kappa shape index (κ1) is 7.51. The van der Waals surface area contributed by atoms with E-state index in [9.17, 15) is 4.39 Å². The van der Waals surface area contributed by atoms with E-state index in [1.807, 2.05) is 13.0 Å². The summed E-state index contributed by atoms with van der Waals surface area (Å²) in [5, 5.41) is 0. The molecule has 1 nitrogen and oxygen atoms in total. The lowest BCUT2D eigenvalue weighted by molar-refractivity contribution is 0.108. The van der Waals surface area contributed by atoms with Crippen molar-refractivity contribution in [3.63, 3.8) is 0 Å². The molecule has 1 aliphatic carbocycles. The minimum Gasteiger partial charge on any atom is -0.366 e. The van der Waals surface area contributed by atoms with E-state index in [1.165, 1.54) is 0 Å². The summed E-state index contributed by atoms with van der Waals surface area (Å²) in [6.45, 7) is 1.87. The monoisotopic (exact) mass is 178 g/mol. The van der Waals surface area contributed by atoms with E-state index in [4.69, 9.17) is 4.74 Å². The molecule has 0 amide bonds. The molecule has 2 heterocycles. The lowest BCUT2D eigenvalue weighted by atomic mass is 9.76. The minimum absolute atomic E-state index is 0.0780. The molecule has 13 heavy (non-hydrogen) atoms. The maximum absolute atomic E-state index is 13.3. The van der Waals surface area contributed by atoms with Crippen LogP contribution in [-0.2, 0) is 4.74 Å². The van der Waals surface area contributed by atoms with Gasteiger partial charge in [0.15, 0.2) is 0 Å². The Hall–Kier alpha value is -0.890. The predicted octanol–water partition coefficient (Wildman–Crippen LogP) is 2.37. The van der Waals surface area contributed by atoms with Gasteiger partial charge < -0.3 is 4.74 Å². The smallest absolute Gasteiger partial charge is 0.122 e. The Bertz CT molecular complexity index is 340. The molecule has 0 radical (unpaired) electrons. The predicted molar refractivity (Wildman–Crippen MR) is 47.7 cm³/mol. The van der Waals surface area contributed by atoms with Crippen LogP contribution in [0.2, 0.25) is 0 Å². The van der Waals surface area contributed by atoms with Gasteiger partial charge in [-0.1, -0.05) is 18.2 Å². The molecule has 1 saturated heterocycles. The normalized spacial score (nSPS) is 46.0. The fourth-order valence-electron chi connectivity index (χ4n) is 2.59. The van der Waals surface area contributed by atoms with Crippen molar-refractivity contribution in [2.24, 2.45) is 11.8 Å². The Balaban J connectivity index is 2.07. The highest BCUT2D eigenvalue weighted by Gasteiger charge is 2.46. The molecule has 1 fully saturated rings. The van der Waals surface area contributed by atoms with Crippen molar-refractivity contribution < 1.29 is 9.13 Å². The second-order valence-corrected chi connectivity index (χ2v) is 3.94. The molecule has 3 aliphatic rings. The first-order valence-electron chi connectivity index (χ1n) is 4.65. The highest BCUT2D eigenvalue weighted by atomic mass is 19.1. The van der Waals surface area contributed by atoms with Crippen molar-refractivity contribution in [1.29, 1.82) is 0 Å². The van der Waals surface area contributed by atoms with Crippen LogP contribution in [-0.4, -0.2) is 12.2 Å². The van der Waals surface area contributed by atoms with Crippen LogP contribution in [0.5, 0.6) is 0 Å². The maximum Gasteiger partial charge on any atom is 0.122 e. The lowest BCUT2D eigenvalue weighted by Gasteiger charge is -2.26. The van der Waals surface area contributed by atoms with Gasteiger partial charge in [-0.3, -0.25) is 0 Å². The molecule has 2 bridgehead atoms. The fourth-order valence-corrected chi connectivity index (χ4v) is 2.59. The molecular formula is C11H11FO. The third-order valence-corrected chi connectivity index (χ3v) is 3.29. The van der Waals surface area contributed by atoms with Crippen molar-refractivity contribution in [3.05, 3.63) is 35.7 Å². The van der Waals surface area contributed by atoms with Gasteiger partial charge in [-0.05, 0) is 18.6 Å². The number of rotatable bonds is 0. The van der Waals surface area contributed by atoms with Crippen LogP contribution in [0, 0.1) is 11.8 Å². The summed E-state index contributed by atoms with van der Waals surface area (Å²) in [5.74, 6) is 0.542. The third kappa shape index (κ3) is 0.841. The SMILES string of the molecule is CC1=C(F)C=CC2C3C=CC(O3)C12. The molecule has 4 atom stereocenters. The molecule has 4 unspecified atom stereocenters. The van der Waals surface area contributed by atoms with Gasteiger partial charge in [-0.25, -0.2) is 4.39 Å². The Kier molecular flexibility index (Phi) is 1.34. The van der Waals surface area contributed by atoms with Crippen LogP contribution in [0.4, 0.5) is 4.39 Å². The summed E-state index contributed by atoms with van der Waals surface area (Å²) in [6.07, 6.45) is 7.98. The van der Waals surface area contributed by atoms with Crippen LogP contribution in [0.3, 0.4) is 0 Å². The fraction of sp³-hybridized carbons (Fsp3) is 0.455. The number of hydrogen-bond donors (Lipinski definition) is 0. The van der Waals surface area contributed by atoms with Crippen LogP contribution in [0.15, 0.2) is 35.7 Å². The van der Waals surface area contributed by atoms with Gasteiger partial charge >= 0.3 is 0 Å². The van der Waals surface area contributed by atoms with Crippen molar-refractivity contribution in [3.8, 4) is 0 Å². The van der Waals surface area contributed by atoms with Crippen molar-refractivity contribution in [1.82, 2.24) is 0 Å². The molecule has 2 heteroatoms. The third-order valence-electron chi connectivity index (χ3n) is 3.29. The van der Waals surface area contributed by atoms with Gasteiger partial charge in [0.25, 0.3) is 0 Å². The first-order chi connectivity index (χ1) is 6.27. The Morgan fingerprint density at radius 1 is 1.23 bits per heavy atom. The summed E-state index contributed by atoms with van der Waals surface area (Å²) in [7, 11) is 0. The summed E-state index contributed by atoms with van der Waals surface area (Å²) in [6, 6.07) is 0. The number of halogens is 1. The highest BCUT2D eigenvalue weighted by molar-refractivity contribution is 5.35. The molecular weight excluding hydrogens is 167 g/mol. The topological polar surface area (TPSA) is 9.23 Å². The zero-order valence-electron chi connectivity index (χ0n) is 7.41. The second-order valence-electron chi connectivity index (χ2n) is 3.94. The van der Waals surface area contributed by atoms with E-state index in [-0.39, 0.29) is 24.0 Å². The quantitative estimate of drug-likeness (QED) is 0.517. The van der Waals surface area contributed by atoms with Gasteiger partial charge in [0.05, 0.1) is 12.2 Å². The van der Waals surface area contributed by atoms with E-state index < -0.39 is 0 Å². The molecule has 0 aromatic heterocycles. The standard InChI is InChI=1S/C11H11FO/c1-6-8(12)3-2-7-9-4-5-10(13-9)11(6)7/h2-5,7,9-11H,1H3. The zero-order chi connectivity index (χ0) is 9.00. The number of allylic oxidation sites excluding steroid dienone is 2. The largest absolute Gasteiger partial charge is 0.366 e. The summed E-state index contributed by atoms with van der Waals surface area (Å²) in [5.41, 5.74) is 0.851. The van der Waals surface area contributed by atoms with Crippen molar-refractivity contribution >= 4 is 0 Å². The molecule has 68 valence electrons. The zero-order valence-corrected chi connectivity index (χ0v) is 7.41. The number of ether oxygens (including phenoxy) is 1. The summed E-state index contributed by atoms with van der Waals surface area (Å²) < 4.78 is 18.9. The van der Waals surface area contributed by atoms with Crippen molar-refractivity contribution in [2.45, 2.75) is 19.1 Å². The number of hydrogen-bond acceptors (Lipinski definition) is 1. The average molecular weight is 178 g/mol. The molecule has 0 saturated carbocycles. The minimum atomic E-state index is -0.0780. The summed E-state index contributed by atoms with van der Waals surface area (Å²) in [4.78, 5) is 0. The van der Waals surface area contributed by atoms with Gasteiger partial charge in [0.1, 0.15) is 5.83 Å². The molecule has 3 rings (SSSR count). The Morgan fingerprint density at radius 3 is 2.85 bits per heavy atom. The maximum atomic E-state index is 13.3. The van der Waals surface area contributed by atoms with Crippen LogP contribution in [0.25, 0.3) is 0 Å². The van der Waals surface area contributed by atoms with E-state index in [1.54, 1.807) is 6.08 Å². The van der Waals surface area contributed by atoms with Crippen molar-refractivity contribution in [2.75, 3.05) is 0 Å². The van der Waals surface area contributed by atoms with Gasteiger partial charge in [0, 0.05) is 11.8 Å². The molecule has 0 aromatic rings. The van der Waals surface area contributed by atoms with Crippen LogP contribution in [0.1, 0.15) is 6.92 Å². The average Bonchev–Trinajstić information content (AvgIpc) is 2.70. The van der Waals surface area contributed by atoms with E-state index in [0.717, 1.165) is 5.57 Å². The Morgan fingerprint density at radius 2 is 2.00 bits per heavy atom. The van der Waals surface area contributed by atoms with E-state index in [0.29, 0.717) is 5.92 Å². The van der Waals surface area contributed by atoms with Crippen LogP contribution >= 0.6 is 0 Å². The number of fused-ring (bicyclic) bond motifs is 5. The first-order valence-corrected chi connectivity index (χ1v) is 4.65. The second kappa shape index (κ2) is 2.32. The van der Waals surface area contributed by atoms with Gasteiger partial charge in [-0.2, -0.15) is 0 Å². The summed E-state index contributed by atoms with van der Waals surface area (Å²) >= 11 is 0. The van der Waals surface area contributed by atoms with Gasteiger partial charge in [-0.15, -0.1) is 0 Å². The van der Waals surface area contributed by atoms with E-state index in [2.05, 4.69) is 12.2 Å².